The summed E-state index contributed by atoms with van der Waals surface area (Å²) in [5, 5.41) is 10.2. The highest BCUT2D eigenvalue weighted by molar-refractivity contribution is 7.87. The van der Waals surface area contributed by atoms with Crippen molar-refractivity contribution >= 4 is 10.2 Å². The number of nitrogens with zero attached hydrogens (tertiary/aromatic N) is 1. The Morgan fingerprint density at radius 1 is 1.47 bits per heavy atom. The van der Waals surface area contributed by atoms with Gasteiger partial charge in [0, 0.05) is 32.7 Å². The van der Waals surface area contributed by atoms with Gasteiger partial charge in [-0.2, -0.15) is 17.4 Å². The highest BCUT2D eigenvalue weighted by Crippen LogP contribution is 2.24. The summed E-state index contributed by atoms with van der Waals surface area (Å²) in [6.07, 6.45) is 0.108. The lowest BCUT2D eigenvalue weighted by molar-refractivity contribution is -0.0230. The van der Waals surface area contributed by atoms with Gasteiger partial charge in [-0.25, -0.2) is 0 Å². The fourth-order valence-corrected chi connectivity index (χ4v) is 3.17. The number of aliphatic hydroxyl groups is 1. The molecule has 1 heterocycles. The Balaban J connectivity index is 2.61. The van der Waals surface area contributed by atoms with Gasteiger partial charge in [0.1, 0.15) is 5.60 Å². The molecule has 102 valence electrons. The van der Waals surface area contributed by atoms with Crippen molar-refractivity contribution in [1.29, 1.82) is 0 Å². The average molecular weight is 266 g/mol. The fourth-order valence-electron chi connectivity index (χ4n) is 1.87. The minimum absolute atomic E-state index is 0.00694. The van der Waals surface area contributed by atoms with Gasteiger partial charge in [0.05, 0.1) is 6.10 Å². The normalized spacial score (nSPS) is 30.1. The van der Waals surface area contributed by atoms with Gasteiger partial charge in [0.25, 0.3) is 10.2 Å². The number of nitrogens with one attached hydrogen (secondary N) is 1. The van der Waals surface area contributed by atoms with Gasteiger partial charge < -0.3 is 9.84 Å². The number of ether oxygens (including phenoxy) is 1. The SMILES string of the molecule is CCN(CC)S(=O)(=O)NCC1(O)CCOC1C. The molecule has 0 bridgehead atoms. The van der Waals surface area contributed by atoms with E-state index < -0.39 is 15.8 Å². The molecule has 0 saturated carbocycles. The molecular weight excluding hydrogens is 244 g/mol. The van der Waals surface area contributed by atoms with Crippen molar-refractivity contribution in [1.82, 2.24) is 9.03 Å². The van der Waals surface area contributed by atoms with Crippen LogP contribution in [0.5, 0.6) is 0 Å². The lowest BCUT2D eigenvalue weighted by Gasteiger charge is -2.27. The minimum atomic E-state index is -3.50. The van der Waals surface area contributed by atoms with Crippen molar-refractivity contribution in [3.05, 3.63) is 0 Å². The Morgan fingerprint density at radius 2 is 2.06 bits per heavy atom. The van der Waals surface area contributed by atoms with Gasteiger partial charge in [-0.05, 0) is 6.92 Å². The molecule has 0 radical (unpaired) electrons. The van der Waals surface area contributed by atoms with E-state index >= 15 is 0 Å². The van der Waals surface area contributed by atoms with Crippen molar-refractivity contribution in [2.24, 2.45) is 0 Å². The second kappa shape index (κ2) is 5.62. The van der Waals surface area contributed by atoms with E-state index in [9.17, 15) is 13.5 Å². The Morgan fingerprint density at radius 3 is 2.47 bits per heavy atom. The van der Waals surface area contributed by atoms with Crippen molar-refractivity contribution in [2.75, 3.05) is 26.2 Å². The standard InChI is InChI=1S/C10H22N2O4S/c1-4-12(5-2)17(14,15)11-8-10(13)6-7-16-9(10)3/h9,11,13H,4-8H2,1-3H3. The summed E-state index contributed by atoms with van der Waals surface area (Å²) < 4.78 is 32.7. The van der Waals surface area contributed by atoms with Crippen LogP contribution in [0.25, 0.3) is 0 Å². The lowest BCUT2D eigenvalue weighted by Crippen LogP contribution is -2.50. The van der Waals surface area contributed by atoms with Gasteiger partial charge in [0.15, 0.2) is 0 Å². The second-order valence-corrected chi connectivity index (χ2v) is 6.03. The maximum Gasteiger partial charge on any atom is 0.279 e. The van der Waals surface area contributed by atoms with Crippen LogP contribution in [0.4, 0.5) is 0 Å². The highest BCUT2D eigenvalue weighted by atomic mass is 32.2. The molecule has 1 saturated heterocycles. The summed E-state index contributed by atoms with van der Waals surface area (Å²) in [7, 11) is -3.50. The van der Waals surface area contributed by atoms with Crippen LogP contribution in [0.1, 0.15) is 27.2 Å². The molecule has 0 amide bonds. The maximum atomic E-state index is 11.9. The van der Waals surface area contributed by atoms with E-state index in [1.807, 2.05) is 0 Å². The fraction of sp³-hybridized carbons (Fsp3) is 1.00. The van der Waals surface area contributed by atoms with Gasteiger partial charge in [-0.1, -0.05) is 13.8 Å². The quantitative estimate of drug-likeness (QED) is 0.692. The summed E-state index contributed by atoms with van der Waals surface area (Å²) >= 11 is 0. The molecule has 1 fully saturated rings. The molecule has 1 aliphatic heterocycles. The van der Waals surface area contributed by atoms with Gasteiger partial charge in [-0.15, -0.1) is 0 Å². The van der Waals surface area contributed by atoms with Crippen LogP contribution >= 0.6 is 0 Å². The molecular formula is C10H22N2O4S. The number of rotatable bonds is 6. The first-order valence-corrected chi connectivity index (χ1v) is 7.38. The molecule has 7 heteroatoms. The van der Waals surface area contributed by atoms with E-state index in [0.29, 0.717) is 26.1 Å². The summed E-state index contributed by atoms with van der Waals surface area (Å²) in [6.45, 7) is 6.58. The Bertz CT molecular complexity index is 342. The van der Waals surface area contributed by atoms with Crippen LogP contribution in [0.2, 0.25) is 0 Å². The first-order chi connectivity index (χ1) is 7.85. The Kier molecular flexibility index (Phi) is 4.91. The first kappa shape index (κ1) is 14.8. The molecule has 1 aliphatic rings. The zero-order valence-electron chi connectivity index (χ0n) is 10.6. The zero-order chi connectivity index (χ0) is 13.1. The van der Waals surface area contributed by atoms with Crippen LogP contribution in [0.3, 0.4) is 0 Å². The van der Waals surface area contributed by atoms with E-state index in [1.54, 1.807) is 20.8 Å². The molecule has 2 atom stereocenters. The third-order valence-corrected chi connectivity index (χ3v) is 4.97. The maximum absolute atomic E-state index is 11.9. The molecule has 0 spiro atoms. The molecule has 0 aromatic carbocycles. The van der Waals surface area contributed by atoms with E-state index in [4.69, 9.17) is 4.74 Å². The number of hydrogen-bond acceptors (Lipinski definition) is 4. The molecule has 1 rings (SSSR count). The van der Waals surface area contributed by atoms with Crippen molar-refractivity contribution in [2.45, 2.75) is 38.9 Å². The average Bonchev–Trinajstić information content (AvgIpc) is 2.59. The third kappa shape index (κ3) is 3.38. The van der Waals surface area contributed by atoms with E-state index in [1.165, 1.54) is 4.31 Å². The van der Waals surface area contributed by atoms with E-state index in [-0.39, 0.29) is 12.6 Å². The van der Waals surface area contributed by atoms with Crippen LogP contribution in [-0.2, 0) is 14.9 Å². The molecule has 17 heavy (non-hydrogen) atoms. The molecule has 2 unspecified atom stereocenters. The van der Waals surface area contributed by atoms with Crippen molar-refractivity contribution in [3.63, 3.8) is 0 Å². The Labute approximate surface area is 103 Å². The smallest absolute Gasteiger partial charge is 0.279 e. The Hall–Kier alpha value is -0.210. The highest BCUT2D eigenvalue weighted by Gasteiger charge is 2.40. The largest absolute Gasteiger partial charge is 0.386 e. The van der Waals surface area contributed by atoms with Crippen molar-refractivity contribution in [3.8, 4) is 0 Å². The van der Waals surface area contributed by atoms with Crippen LogP contribution < -0.4 is 4.72 Å². The molecule has 0 aromatic rings. The topological polar surface area (TPSA) is 78.9 Å². The zero-order valence-corrected chi connectivity index (χ0v) is 11.5. The summed E-state index contributed by atoms with van der Waals surface area (Å²) in [5.74, 6) is 0. The predicted octanol–water partition coefficient (Wildman–Crippen LogP) is -0.297. The molecule has 6 nitrogen and oxygen atoms in total. The van der Waals surface area contributed by atoms with Gasteiger partial charge in [-0.3, -0.25) is 0 Å². The predicted molar refractivity (Wildman–Crippen MR) is 64.8 cm³/mol. The number of hydrogen-bond donors (Lipinski definition) is 2. The van der Waals surface area contributed by atoms with Crippen LogP contribution in [0, 0.1) is 0 Å². The molecule has 2 N–H and O–H groups in total. The van der Waals surface area contributed by atoms with Gasteiger partial charge >= 0.3 is 0 Å². The van der Waals surface area contributed by atoms with Crippen molar-refractivity contribution < 1.29 is 18.3 Å². The second-order valence-electron chi connectivity index (χ2n) is 4.28. The minimum Gasteiger partial charge on any atom is -0.386 e. The van der Waals surface area contributed by atoms with Crippen LogP contribution in [0.15, 0.2) is 0 Å². The van der Waals surface area contributed by atoms with Crippen LogP contribution in [-0.4, -0.2) is 55.8 Å². The monoisotopic (exact) mass is 266 g/mol. The molecule has 0 aliphatic carbocycles. The molecule has 0 aromatic heterocycles. The van der Waals surface area contributed by atoms with Gasteiger partial charge in [0.2, 0.25) is 0 Å². The summed E-state index contributed by atoms with van der Waals surface area (Å²) in [5.41, 5.74) is -1.10. The summed E-state index contributed by atoms with van der Waals surface area (Å²) in [6, 6.07) is 0. The first-order valence-electron chi connectivity index (χ1n) is 5.94. The third-order valence-electron chi connectivity index (χ3n) is 3.27. The lowest BCUT2D eigenvalue weighted by atomic mass is 9.97. The summed E-state index contributed by atoms with van der Waals surface area (Å²) in [4.78, 5) is 0. The van der Waals surface area contributed by atoms with E-state index in [2.05, 4.69) is 4.72 Å². The van der Waals surface area contributed by atoms with E-state index in [0.717, 1.165) is 0 Å².